The van der Waals surface area contributed by atoms with Crippen LogP contribution in [0.3, 0.4) is 0 Å². The third kappa shape index (κ3) is 3.16. The zero-order valence-electron chi connectivity index (χ0n) is 17.1. The van der Waals surface area contributed by atoms with E-state index in [0.29, 0.717) is 12.0 Å². The molecule has 168 valence electrons. The number of hydrogen-bond acceptors (Lipinski definition) is 7. The minimum atomic E-state index is -1.43. The summed E-state index contributed by atoms with van der Waals surface area (Å²) >= 11 is 0. The Morgan fingerprint density at radius 1 is 0.970 bits per heavy atom. The van der Waals surface area contributed by atoms with Gasteiger partial charge in [0.25, 0.3) is 0 Å². The molecule has 2 aliphatic carbocycles. The van der Waals surface area contributed by atoms with Gasteiger partial charge in [0.1, 0.15) is 34.2 Å². The van der Waals surface area contributed by atoms with E-state index in [1.807, 2.05) is 0 Å². The van der Waals surface area contributed by atoms with Gasteiger partial charge in [-0.2, -0.15) is 0 Å². The Kier molecular flexibility index (Phi) is 4.40. The molecule has 4 aliphatic rings. The first-order valence-corrected chi connectivity index (χ1v) is 10.6. The second kappa shape index (κ2) is 7.13. The topological polar surface area (TPSA) is 132 Å². The predicted molar refractivity (Wildman–Crippen MR) is 111 cm³/mol. The Morgan fingerprint density at radius 3 is 2.33 bits per heavy atom. The third-order valence-electron chi connectivity index (χ3n) is 6.83. The van der Waals surface area contributed by atoms with Crippen LogP contribution in [0.15, 0.2) is 24.3 Å². The molecule has 0 spiro atoms. The lowest BCUT2D eigenvalue weighted by Gasteiger charge is -2.25. The molecule has 0 unspecified atom stereocenters. The molecular weight excluding hydrogens is 437 g/mol. The molecule has 4 atom stereocenters. The quantitative estimate of drug-likeness (QED) is 0.446. The van der Waals surface area contributed by atoms with Crippen molar-refractivity contribution < 1.29 is 47.9 Å². The molecule has 2 aliphatic heterocycles. The lowest BCUT2D eigenvalue weighted by atomic mass is 9.76. The van der Waals surface area contributed by atoms with Crippen LogP contribution in [0.1, 0.15) is 56.5 Å². The lowest BCUT2D eigenvalue weighted by molar-refractivity contribution is 0.0671. The molecule has 2 saturated carbocycles. The fraction of sp³-hybridized carbons (Fsp3) is 0.333. The zero-order chi connectivity index (χ0) is 23.0. The Bertz CT molecular complexity index is 1200. The molecule has 2 heterocycles. The number of rotatable bonds is 6. The maximum Gasteiger partial charge on any atom is 0.531 e. The Labute approximate surface area is 187 Å². The van der Waals surface area contributed by atoms with Gasteiger partial charge in [-0.3, -0.25) is 0 Å². The smallest absolute Gasteiger partial charge is 0.531 e. The number of ether oxygens (including phenoxy) is 1. The van der Waals surface area contributed by atoms with E-state index in [2.05, 4.69) is 0 Å². The molecule has 0 aromatic heterocycles. The molecule has 2 fully saturated rings. The summed E-state index contributed by atoms with van der Waals surface area (Å²) in [4.78, 5) is 23.4. The van der Waals surface area contributed by atoms with Crippen molar-refractivity contribution in [2.75, 3.05) is 6.79 Å². The Balaban J connectivity index is 1.20. The van der Waals surface area contributed by atoms with E-state index in [4.69, 9.17) is 18.7 Å². The molecule has 2 aromatic carbocycles. The van der Waals surface area contributed by atoms with E-state index in [0.717, 1.165) is 18.1 Å². The van der Waals surface area contributed by atoms with Crippen LogP contribution in [0.4, 0.5) is 4.39 Å². The molecule has 0 bridgehead atoms. The summed E-state index contributed by atoms with van der Waals surface area (Å²) < 4.78 is 36.5. The van der Waals surface area contributed by atoms with Crippen LogP contribution in [-0.2, 0) is 4.65 Å². The number of carboxylic acids is 2. The summed E-state index contributed by atoms with van der Waals surface area (Å²) in [5.74, 6) is -3.53. The summed E-state index contributed by atoms with van der Waals surface area (Å²) in [6, 6.07) is 5.90. The highest BCUT2D eigenvalue weighted by Crippen LogP contribution is 2.62. The van der Waals surface area contributed by atoms with Gasteiger partial charge in [0.05, 0.1) is 0 Å². The van der Waals surface area contributed by atoms with Gasteiger partial charge < -0.3 is 33.9 Å². The first-order valence-electron chi connectivity index (χ1n) is 10.6. The molecule has 33 heavy (non-hydrogen) atoms. The van der Waals surface area contributed by atoms with Crippen LogP contribution in [0.25, 0.3) is 0 Å². The van der Waals surface area contributed by atoms with Crippen molar-refractivity contribution in [2.24, 2.45) is 0 Å². The predicted octanol–water partition coefficient (Wildman–Crippen LogP) is 2.74. The molecule has 0 saturated heterocycles. The van der Waals surface area contributed by atoms with E-state index < -0.39 is 37.6 Å². The van der Waals surface area contributed by atoms with Crippen LogP contribution >= 0.6 is 0 Å². The summed E-state index contributed by atoms with van der Waals surface area (Å²) in [7, 11) is -1.92. The second-order valence-corrected chi connectivity index (χ2v) is 8.74. The average Bonchev–Trinajstić information content (AvgIpc) is 3.65. The van der Waals surface area contributed by atoms with E-state index in [9.17, 15) is 29.2 Å². The van der Waals surface area contributed by atoms with Crippen LogP contribution in [-0.4, -0.2) is 48.2 Å². The molecular formula is C21H17B2FO9. The number of benzene rings is 2. The number of hydrogen-bond donors (Lipinski definition) is 3. The lowest BCUT2D eigenvalue weighted by Crippen LogP contribution is -2.33. The zero-order valence-corrected chi connectivity index (χ0v) is 17.1. The van der Waals surface area contributed by atoms with Gasteiger partial charge in [0, 0.05) is 11.6 Å². The first kappa shape index (κ1) is 20.4. The maximum absolute atomic E-state index is 14.1. The highest BCUT2D eigenvalue weighted by molar-refractivity contribution is 6.49. The van der Waals surface area contributed by atoms with Gasteiger partial charge in [0.15, 0.2) is 6.79 Å². The molecule has 0 amide bonds. The molecule has 6 rings (SSSR count). The summed E-state index contributed by atoms with van der Waals surface area (Å²) in [5, 5.41) is 29.1. The molecule has 9 nitrogen and oxygen atoms in total. The maximum atomic E-state index is 14.1. The van der Waals surface area contributed by atoms with Crippen molar-refractivity contribution in [2.45, 2.75) is 36.3 Å². The van der Waals surface area contributed by atoms with Gasteiger partial charge in [-0.15, -0.1) is 0 Å². The monoisotopic (exact) mass is 454 g/mol. The highest BCUT2D eigenvalue weighted by atomic mass is 19.1. The number of halogens is 1. The van der Waals surface area contributed by atoms with Crippen molar-refractivity contribution in [1.82, 2.24) is 0 Å². The number of fused-ring (bicyclic) bond motifs is 6. The van der Waals surface area contributed by atoms with Crippen molar-refractivity contribution >= 4 is 26.2 Å². The van der Waals surface area contributed by atoms with Gasteiger partial charge in [-0.25, -0.2) is 14.0 Å². The molecule has 2 aromatic rings. The second-order valence-electron chi connectivity index (χ2n) is 8.74. The highest BCUT2D eigenvalue weighted by Gasteiger charge is 2.56. The van der Waals surface area contributed by atoms with E-state index in [-0.39, 0.29) is 53.1 Å². The van der Waals surface area contributed by atoms with Crippen molar-refractivity contribution in [3.05, 3.63) is 52.3 Å². The van der Waals surface area contributed by atoms with Gasteiger partial charge in [-0.1, -0.05) is 12.1 Å². The third-order valence-corrected chi connectivity index (χ3v) is 6.83. The standard InChI is InChI=1S/C21H17B2FO9/c24-14-3-1-8-11-6-13(11)23(33-18(8)16(14)20(25)26)31-7-30-15-4-2-9-10-5-12(10)22(29)32-19(9)17(15)21(27)28/h1-4,10-13,29H,5-7H2,(H,25,26)(H,27,28)/t10-,11-,12-,13-/m1/s1. The van der Waals surface area contributed by atoms with Crippen molar-refractivity contribution in [1.29, 1.82) is 0 Å². The van der Waals surface area contributed by atoms with Gasteiger partial charge >= 0.3 is 26.2 Å². The van der Waals surface area contributed by atoms with Crippen LogP contribution in [0, 0.1) is 5.82 Å². The fourth-order valence-corrected chi connectivity index (χ4v) is 5.01. The molecule has 0 radical (unpaired) electrons. The van der Waals surface area contributed by atoms with Gasteiger partial charge in [-0.05, 0) is 47.9 Å². The SMILES string of the molecule is O=C(O)c1c(F)ccc2c1OB(OCOc1ccc3c(c1C(=O)O)OB(O)[C@@H]1C[C@H]31)[C@@H]1C[C@H]21. The van der Waals surface area contributed by atoms with Crippen molar-refractivity contribution in [3.8, 4) is 17.2 Å². The van der Waals surface area contributed by atoms with Crippen LogP contribution in [0.2, 0.25) is 11.6 Å². The average molecular weight is 454 g/mol. The van der Waals surface area contributed by atoms with E-state index in [1.165, 1.54) is 12.1 Å². The largest absolute Gasteiger partial charge is 0.535 e. The molecule has 3 N–H and O–H groups in total. The van der Waals surface area contributed by atoms with Crippen molar-refractivity contribution in [3.63, 3.8) is 0 Å². The Hall–Kier alpha value is -3.24. The molecule has 12 heteroatoms. The van der Waals surface area contributed by atoms with E-state index in [1.54, 1.807) is 6.07 Å². The summed E-state index contributed by atoms with van der Waals surface area (Å²) in [6.07, 6.45) is 1.42. The minimum absolute atomic E-state index is 0.00264. The Morgan fingerprint density at radius 2 is 1.61 bits per heavy atom. The van der Waals surface area contributed by atoms with Gasteiger partial charge in [0.2, 0.25) is 0 Å². The van der Waals surface area contributed by atoms with Crippen LogP contribution < -0.4 is 14.0 Å². The number of carbonyl (C=O) groups is 2. The first-order chi connectivity index (χ1) is 15.8. The summed E-state index contributed by atoms with van der Waals surface area (Å²) in [6.45, 7) is -0.380. The number of aromatic carboxylic acids is 2. The fourth-order valence-electron chi connectivity index (χ4n) is 5.01. The van der Waals surface area contributed by atoms with Crippen LogP contribution in [0.5, 0.6) is 17.2 Å². The normalized spacial score (nSPS) is 25.5. The number of carboxylic acid groups (broad SMARTS) is 2. The summed E-state index contributed by atoms with van der Waals surface area (Å²) in [5.41, 5.74) is 0.628. The van der Waals surface area contributed by atoms with E-state index >= 15 is 0 Å². The minimum Gasteiger partial charge on any atom is -0.535 e.